The van der Waals surface area contributed by atoms with Gasteiger partial charge >= 0.3 is 12.1 Å². The van der Waals surface area contributed by atoms with Gasteiger partial charge in [0.2, 0.25) is 5.88 Å². The maximum atomic E-state index is 13.0. The Morgan fingerprint density at radius 2 is 1.86 bits per heavy atom. The van der Waals surface area contributed by atoms with E-state index in [2.05, 4.69) is 6.07 Å². The molecule has 0 amide bonds. The number of hydrogen-bond acceptors (Lipinski definition) is 4. The fraction of sp³-hybridized carbons (Fsp3) is 0.238. The van der Waals surface area contributed by atoms with E-state index in [1.165, 1.54) is 12.1 Å². The normalized spacial score (nSPS) is 17.0. The number of alkyl halides is 3. The van der Waals surface area contributed by atoms with Crippen molar-refractivity contribution in [2.75, 3.05) is 6.61 Å². The van der Waals surface area contributed by atoms with E-state index in [0.717, 1.165) is 12.1 Å². The second kappa shape index (κ2) is 7.87. The van der Waals surface area contributed by atoms with Crippen LogP contribution in [0, 0.1) is 11.3 Å². The monoisotopic (exact) mass is 402 g/mol. The zero-order chi connectivity index (χ0) is 21.2. The first-order valence-corrected chi connectivity index (χ1v) is 8.78. The predicted molar refractivity (Wildman–Crippen MR) is 97.9 cm³/mol. The highest BCUT2D eigenvalue weighted by atomic mass is 19.4. The van der Waals surface area contributed by atoms with Gasteiger partial charge in [0.05, 0.1) is 23.7 Å². The van der Waals surface area contributed by atoms with Gasteiger partial charge in [-0.1, -0.05) is 12.1 Å². The number of nitriles is 1. The molecule has 1 aliphatic heterocycles. The smallest absolute Gasteiger partial charge is 0.416 e. The second-order valence-corrected chi connectivity index (χ2v) is 6.27. The Morgan fingerprint density at radius 3 is 2.38 bits per heavy atom. The highest BCUT2D eigenvalue weighted by molar-refractivity contribution is 5.93. The van der Waals surface area contributed by atoms with Crippen LogP contribution >= 0.6 is 0 Å². The third-order valence-corrected chi connectivity index (χ3v) is 4.46. The standard InChI is InChI=1S/C21H17F3N2O3/c1-3-28-20(27)17-13(2)29-19(26-10-4-5-11-26)16(12-25)18(17)14-6-8-15(9-7-14)21(22,23)24/h4-11,18H,3H2,1-2H3/t18-/m0/s1. The van der Waals surface area contributed by atoms with Crippen LogP contribution in [0.2, 0.25) is 0 Å². The van der Waals surface area contributed by atoms with Crippen molar-refractivity contribution in [3.63, 3.8) is 0 Å². The summed E-state index contributed by atoms with van der Waals surface area (Å²) in [6.45, 7) is 3.29. The number of halogens is 3. The zero-order valence-electron chi connectivity index (χ0n) is 15.7. The molecule has 0 bridgehead atoms. The summed E-state index contributed by atoms with van der Waals surface area (Å²) in [7, 11) is 0. The number of hydrogen-bond donors (Lipinski definition) is 0. The van der Waals surface area contributed by atoms with Crippen LogP contribution < -0.4 is 0 Å². The molecule has 8 heteroatoms. The Kier molecular flexibility index (Phi) is 5.50. The molecule has 29 heavy (non-hydrogen) atoms. The SMILES string of the molecule is CCOC(=O)C1=C(C)OC(n2cccc2)=C(C#N)[C@@H]1c1ccc(C(F)(F)F)cc1. The molecule has 0 unspecified atom stereocenters. The van der Waals surface area contributed by atoms with E-state index in [4.69, 9.17) is 9.47 Å². The third kappa shape index (κ3) is 3.90. The van der Waals surface area contributed by atoms with E-state index >= 15 is 0 Å². The van der Waals surface area contributed by atoms with Crippen LogP contribution in [0.5, 0.6) is 0 Å². The molecule has 1 atom stereocenters. The van der Waals surface area contributed by atoms with Crippen molar-refractivity contribution in [3.05, 3.63) is 76.8 Å². The summed E-state index contributed by atoms with van der Waals surface area (Å²) in [6, 6.07) is 9.89. The van der Waals surface area contributed by atoms with Crippen molar-refractivity contribution in [2.45, 2.75) is 25.9 Å². The van der Waals surface area contributed by atoms with Crippen molar-refractivity contribution in [1.82, 2.24) is 4.57 Å². The lowest BCUT2D eigenvalue weighted by molar-refractivity contribution is -0.139. The van der Waals surface area contributed by atoms with Crippen molar-refractivity contribution < 1.29 is 27.4 Å². The van der Waals surface area contributed by atoms with Crippen molar-refractivity contribution >= 4 is 11.9 Å². The molecule has 0 saturated carbocycles. The lowest BCUT2D eigenvalue weighted by Crippen LogP contribution is -2.24. The summed E-state index contributed by atoms with van der Waals surface area (Å²) in [6.07, 6.45) is -1.16. The van der Waals surface area contributed by atoms with Crippen LogP contribution in [0.25, 0.3) is 5.88 Å². The Hall–Kier alpha value is -3.47. The van der Waals surface area contributed by atoms with Gasteiger partial charge in [-0.05, 0) is 43.7 Å². The maximum absolute atomic E-state index is 13.0. The Balaban J connectivity index is 2.18. The Labute approximate surface area is 165 Å². The summed E-state index contributed by atoms with van der Waals surface area (Å²) in [5.74, 6) is -1.20. The highest BCUT2D eigenvalue weighted by Gasteiger charge is 2.38. The first-order chi connectivity index (χ1) is 13.8. The number of carbonyl (C=O) groups is 1. The van der Waals surface area contributed by atoms with Gasteiger partial charge in [0, 0.05) is 12.4 Å². The van der Waals surface area contributed by atoms with Gasteiger partial charge in [0.15, 0.2) is 0 Å². The number of aromatic nitrogens is 1. The summed E-state index contributed by atoms with van der Waals surface area (Å²) < 4.78 is 51.3. The second-order valence-electron chi connectivity index (χ2n) is 6.27. The maximum Gasteiger partial charge on any atom is 0.416 e. The first kappa shape index (κ1) is 20.3. The molecule has 150 valence electrons. The minimum atomic E-state index is -4.49. The van der Waals surface area contributed by atoms with Crippen LogP contribution in [-0.4, -0.2) is 17.1 Å². The summed E-state index contributed by atoms with van der Waals surface area (Å²) >= 11 is 0. The molecule has 0 radical (unpaired) electrons. The van der Waals surface area contributed by atoms with Gasteiger partial charge in [-0.3, -0.25) is 4.57 Å². The van der Waals surface area contributed by atoms with Gasteiger partial charge in [0.25, 0.3) is 0 Å². The zero-order valence-corrected chi connectivity index (χ0v) is 15.7. The first-order valence-electron chi connectivity index (χ1n) is 8.78. The summed E-state index contributed by atoms with van der Waals surface area (Å²) in [4.78, 5) is 12.6. The van der Waals surface area contributed by atoms with Gasteiger partial charge in [-0.25, -0.2) is 4.79 Å². The molecule has 0 fully saturated rings. The molecular weight excluding hydrogens is 385 g/mol. The Morgan fingerprint density at radius 1 is 1.24 bits per heavy atom. The quantitative estimate of drug-likeness (QED) is 0.686. The lowest BCUT2D eigenvalue weighted by atomic mass is 9.82. The number of rotatable bonds is 4. The van der Waals surface area contributed by atoms with Crippen LogP contribution in [0.15, 0.2) is 65.7 Å². The van der Waals surface area contributed by atoms with E-state index in [1.54, 1.807) is 42.9 Å². The van der Waals surface area contributed by atoms with E-state index in [9.17, 15) is 23.2 Å². The van der Waals surface area contributed by atoms with Crippen LogP contribution in [0.1, 0.15) is 30.9 Å². The predicted octanol–water partition coefficient (Wildman–Crippen LogP) is 4.85. The molecule has 0 aliphatic carbocycles. The van der Waals surface area contributed by atoms with Crippen LogP contribution in [0.3, 0.4) is 0 Å². The largest absolute Gasteiger partial charge is 0.463 e. The summed E-state index contributed by atoms with van der Waals surface area (Å²) in [5, 5.41) is 9.84. The molecule has 1 aliphatic rings. The highest BCUT2D eigenvalue weighted by Crippen LogP contribution is 2.42. The van der Waals surface area contributed by atoms with E-state index in [1.807, 2.05) is 0 Å². The fourth-order valence-corrected chi connectivity index (χ4v) is 3.17. The van der Waals surface area contributed by atoms with Crippen molar-refractivity contribution in [1.29, 1.82) is 5.26 Å². The molecule has 2 aromatic rings. The number of nitrogens with zero attached hydrogens (tertiary/aromatic N) is 2. The molecule has 3 rings (SSSR count). The molecule has 0 saturated heterocycles. The minimum Gasteiger partial charge on any atom is -0.463 e. The molecule has 5 nitrogen and oxygen atoms in total. The van der Waals surface area contributed by atoms with Gasteiger partial charge in [-0.2, -0.15) is 18.4 Å². The molecule has 0 N–H and O–H groups in total. The molecule has 1 aromatic heterocycles. The topological polar surface area (TPSA) is 64.2 Å². The van der Waals surface area contributed by atoms with Crippen molar-refractivity contribution in [2.24, 2.45) is 0 Å². The molecule has 0 spiro atoms. The van der Waals surface area contributed by atoms with E-state index < -0.39 is 23.6 Å². The third-order valence-electron chi connectivity index (χ3n) is 4.46. The minimum absolute atomic E-state index is 0.0825. The number of esters is 1. The molecule has 1 aromatic carbocycles. The van der Waals surface area contributed by atoms with Gasteiger partial charge < -0.3 is 9.47 Å². The number of allylic oxidation sites excluding steroid dienone is 2. The van der Waals surface area contributed by atoms with Crippen LogP contribution in [-0.2, 0) is 20.4 Å². The van der Waals surface area contributed by atoms with Crippen LogP contribution in [0.4, 0.5) is 13.2 Å². The van der Waals surface area contributed by atoms with Gasteiger partial charge in [0.1, 0.15) is 17.4 Å². The van der Waals surface area contributed by atoms with Crippen molar-refractivity contribution in [3.8, 4) is 6.07 Å². The number of benzene rings is 1. The Bertz CT molecular complexity index is 1010. The number of carbonyl (C=O) groups excluding carboxylic acids is 1. The molecule has 2 heterocycles. The average molecular weight is 402 g/mol. The lowest BCUT2D eigenvalue weighted by Gasteiger charge is -2.28. The average Bonchev–Trinajstić information content (AvgIpc) is 3.21. The summed E-state index contributed by atoms with van der Waals surface area (Å²) in [5.41, 5.74) is -0.293. The van der Waals surface area contributed by atoms with Gasteiger partial charge in [-0.15, -0.1) is 0 Å². The van der Waals surface area contributed by atoms with E-state index in [-0.39, 0.29) is 29.4 Å². The fourth-order valence-electron chi connectivity index (χ4n) is 3.17. The number of ether oxygens (including phenoxy) is 2. The molecular formula is C21H17F3N2O3. The van der Waals surface area contributed by atoms with E-state index in [0.29, 0.717) is 5.56 Å².